The van der Waals surface area contributed by atoms with Crippen LogP contribution in [0, 0.1) is 0 Å². The summed E-state index contributed by atoms with van der Waals surface area (Å²) in [5, 5.41) is 12.4. The summed E-state index contributed by atoms with van der Waals surface area (Å²) < 4.78 is 0. The smallest absolute Gasteiger partial charge is 0.0524 e. The summed E-state index contributed by atoms with van der Waals surface area (Å²) in [7, 11) is 0. The molecular formula is C11H18N2O. The second-order valence-corrected chi connectivity index (χ2v) is 3.59. The number of hydrogen-bond acceptors (Lipinski definition) is 3. The Labute approximate surface area is 85.2 Å². The summed E-state index contributed by atoms with van der Waals surface area (Å²) in [4.78, 5) is 3.97. The SMILES string of the molecule is CC(O)CCN[C@@H](C)c1ccncc1. The van der Waals surface area contributed by atoms with E-state index >= 15 is 0 Å². The Morgan fingerprint density at radius 1 is 1.36 bits per heavy atom. The minimum atomic E-state index is -0.229. The normalized spacial score (nSPS) is 15.1. The fourth-order valence-corrected chi connectivity index (χ4v) is 1.28. The van der Waals surface area contributed by atoms with Crippen molar-refractivity contribution in [3.8, 4) is 0 Å². The van der Waals surface area contributed by atoms with Crippen LogP contribution < -0.4 is 5.32 Å². The van der Waals surface area contributed by atoms with Crippen molar-refractivity contribution < 1.29 is 5.11 Å². The van der Waals surface area contributed by atoms with Crippen molar-refractivity contribution in [2.24, 2.45) is 0 Å². The lowest BCUT2D eigenvalue weighted by Gasteiger charge is -2.14. The van der Waals surface area contributed by atoms with Crippen LogP contribution in [0.25, 0.3) is 0 Å². The molecule has 78 valence electrons. The second kappa shape index (κ2) is 5.73. The first-order valence-electron chi connectivity index (χ1n) is 5.01. The number of aliphatic hydroxyl groups excluding tert-OH is 1. The lowest BCUT2D eigenvalue weighted by Crippen LogP contribution is -2.22. The summed E-state index contributed by atoms with van der Waals surface area (Å²) >= 11 is 0. The molecule has 0 amide bonds. The highest BCUT2D eigenvalue weighted by atomic mass is 16.3. The number of pyridine rings is 1. The van der Waals surface area contributed by atoms with E-state index in [-0.39, 0.29) is 6.10 Å². The maximum atomic E-state index is 9.09. The van der Waals surface area contributed by atoms with Crippen molar-refractivity contribution in [2.75, 3.05) is 6.54 Å². The van der Waals surface area contributed by atoms with Crippen LogP contribution in [0.2, 0.25) is 0 Å². The summed E-state index contributed by atoms with van der Waals surface area (Å²) in [5.41, 5.74) is 1.23. The number of nitrogens with zero attached hydrogens (tertiary/aromatic N) is 1. The van der Waals surface area contributed by atoms with Crippen molar-refractivity contribution in [2.45, 2.75) is 32.4 Å². The second-order valence-electron chi connectivity index (χ2n) is 3.59. The van der Waals surface area contributed by atoms with Crippen molar-refractivity contribution >= 4 is 0 Å². The van der Waals surface area contributed by atoms with Gasteiger partial charge in [-0.25, -0.2) is 0 Å². The van der Waals surface area contributed by atoms with Gasteiger partial charge in [0.15, 0.2) is 0 Å². The van der Waals surface area contributed by atoms with Gasteiger partial charge >= 0.3 is 0 Å². The Morgan fingerprint density at radius 2 is 2.00 bits per heavy atom. The molecule has 0 aromatic carbocycles. The fourth-order valence-electron chi connectivity index (χ4n) is 1.28. The van der Waals surface area contributed by atoms with Gasteiger partial charge in [-0.15, -0.1) is 0 Å². The van der Waals surface area contributed by atoms with E-state index in [1.165, 1.54) is 5.56 Å². The summed E-state index contributed by atoms with van der Waals surface area (Å²) in [5.74, 6) is 0. The molecular weight excluding hydrogens is 176 g/mol. The van der Waals surface area contributed by atoms with E-state index in [1.54, 1.807) is 19.3 Å². The molecule has 1 aromatic rings. The lowest BCUT2D eigenvalue weighted by molar-refractivity contribution is 0.182. The molecule has 14 heavy (non-hydrogen) atoms. The van der Waals surface area contributed by atoms with Crippen LogP contribution in [-0.4, -0.2) is 22.7 Å². The zero-order valence-corrected chi connectivity index (χ0v) is 8.77. The Bertz CT molecular complexity index is 249. The molecule has 1 heterocycles. The van der Waals surface area contributed by atoms with Gasteiger partial charge in [-0.2, -0.15) is 0 Å². The molecule has 0 bridgehead atoms. The molecule has 2 N–H and O–H groups in total. The average Bonchev–Trinajstić information content (AvgIpc) is 2.18. The predicted molar refractivity (Wildman–Crippen MR) is 57.0 cm³/mol. The van der Waals surface area contributed by atoms with Crippen molar-refractivity contribution in [1.29, 1.82) is 0 Å². The van der Waals surface area contributed by atoms with E-state index < -0.39 is 0 Å². The van der Waals surface area contributed by atoms with Crippen LogP contribution in [0.1, 0.15) is 31.9 Å². The Balaban J connectivity index is 2.32. The Hall–Kier alpha value is -0.930. The van der Waals surface area contributed by atoms with Gasteiger partial charge in [-0.3, -0.25) is 4.98 Å². The highest BCUT2D eigenvalue weighted by Gasteiger charge is 2.03. The predicted octanol–water partition coefficient (Wildman–Crippen LogP) is 1.50. The van der Waals surface area contributed by atoms with Gasteiger partial charge in [0, 0.05) is 18.4 Å². The number of aliphatic hydroxyl groups is 1. The van der Waals surface area contributed by atoms with Crippen LogP contribution in [0.4, 0.5) is 0 Å². The molecule has 3 heteroatoms. The van der Waals surface area contributed by atoms with Crippen LogP contribution in [0.3, 0.4) is 0 Å². The Kier molecular flexibility index (Phi) is 4.56. The molecule has 3 nitrogen and oxygen atoms in total. The number of aromatic nitrogens is 1. The molecule has 0 saturated heterocycles. The molecule has 1 unspecified atom stereocenters. The van der Waals surface area contributed by atoms with Gasteiger partial charge in [-0.05, 0) is 44.5 Å². The summed E-state index contributed by atoms with van der Waals surface area (Å²) in [6.07, 6.45) is 4.15. The average molecular weight is 194 g/mol. The van der Waals surface area contributed by atoms with Crippen LogP contribution in [-0.2, 0) is 0 Å². The first kappa shape index (κ1) is 11.1. The number of nitrogens with one attached hydrogen (secondary N) is 1. The van der Waals surface area contributed by atoms with Gasteiger partial charge < -0.3 is 10.4 Å². The van der Waals surface area contributed by atoms with E-state index in [0.717, 1.165) is 13.0 Å². The van der Waals surface area contributed by atoms with E-state index in [1.807, 2.05) is 12.1 Å². The van der Waals surface area contributed by atoms with Crippen molar-refractivity contribution in [1.82, 2.24) is 10.3 Å². The van der Waals surface area contributed by atoms with Gasteiger partial charge in [0.05, 0.1) is 6.10 Å². The standard InChI is InChI=1S/C11H18N2O/c1-9(14)3-8-13-10(2)11-4-6-12-7-5-11/h4-7,9-10,13-14H,3,8H2,1-2H3/t9?,10-/m0/s1. The van der Waals surface area contributed by atoms with Gasteiger partial charge in [0.1, 0.15) is 0 Å². The molecule has 0 aliphatic carbocycles. The maximum Gasteiger partial charge on any atom is 0.0524 e. The first-order chi connectivity index (χ1) is 6.70. The molecule has 1 aromatic heterocycles. The van der Waals surface area contributed by atoms with Gasteiger partial charge in [0.2, 0.25) is 0 Å². The monoisotopic (exact) mass is 194 g/mol. The molecule has 1 rings (SSSR count). The fraction of sp³-hybridized carbons (Fsp3) is 0.545. The first-order valence-corrected chi connectivity index (χ1v) is 5.01. The molecule has 0 aliphatic heterocycles. The van der Waals surface area contributed by atoms with E-state index in [4.69, 9.17) is 5.11 Å². The van der Waals surface area contributed by atoms with Gasteiger partial charge in [0.25, 0.3) is 0 Å². The van der Waals surface area contributed by atoms with Crippen LogP contribution in [0.15, 0.2) is 24.5 Å². The molecule has 0 saturated carbocycles. The lowest BCUT2D eigenvalue weighted by atomic mass is 10.1. The summed E-state index contributed by atoms with van der Waals surface area (Å²) in [6.45, 7) is 4.75. The largest absolute Gasteiger partial charge is 0.393 e. The van der Waals surface area contributed by atoms with E-state index in [0.29, 0.717) is 6.04 Å². The third-order valence-electron chi connectivity index (χ3n) is 2.22. The zero-order chi connectivity index (χ0) is 10.4. The molecule has 0 spiro atoms. The third kappa shape index (κ3) is 3.85. The zero-order valence-electron chi connectivity index (χ0n) is 8.77. The van der Waals surface area contributed by atoms with E-state index in [2.05, 4.69) is 17.2 Å². The highest BCUT2D eigenvalue weighted by Crippen LogP contribution is 2.09. The number of rotatable bonds is 5. The van der Waals surface area contributed by atoms with Crippen molar-refractivity contribution in [3.05, 3.63) is 30.1 Å². The topological polar surface area (TPSA) is 45.1 Å². The third-order valence-corrected chi connectivity index (χ3v) is 2.22. The minimum Gasteiger partial charge on any atom is -0.393 e. The highest BCUT2D eigenvalue weighted by molar-refractivity contribution is 5.13. The summed E-state index contributed by atoms with van der Waals surface area (Å²) in [6, 6.07) is 4.32. The van der Waals surface area contributed by atoms with Crippen LogP contribution in [0.5, 0.6) is 0 Å². The molecule has 0 fully saturated rings. The van der Waals surface area contributed by atoms with Crippen molar-refractivity contribution in [3.63, 3.8) is 0 Å². The maximum absolute atomic E-state index is 9.09. The minimum absolute atomic E-state index is 0.229. The van der Waals surface area contributed by atoms with E-state index in [9.17, 15) is 0 Å². The quantitative estimate of drug-likeness (QED) is 0.746. The Morgan fingerprint density at radius 3 is 2.57 bits per heavy atom. The molecule has 2 atom stereocenters. The van der Waals surface area contributed by atoms with Gasteiger partial charge in [-0.1, -0.05) is 0 Å². The molecule has 0 radical (unpaired) electrons. The van der Waals surface area contributed by atoms with Crippen LogP contribution >= 0.6 is 0 Å². The number of hydrogen-bond donors (Lipinski definition) is 2. The molecule has 0 aliphatic rings.